The summed E-state index contributed by atoms with van der Waals surface area (Å²) < 4.78 is 5.25. The van der Waals surface area contributed by atoms with Crippen LogP contribution < -0.4 is 5.32 Å². The summed E-state index contributed by atoms with van der Waals surface area (Å²) in [5.41, 5.74) is 1.21. The molecule has 0 saturated heterocycles. The van der Waals surface area contributed by atoms with Crippen LogP contribution >= 0.6 is 11.3 Å². The monoisotopic (exact) mass is 312 g/mol. The van der Waals surface area contributed by atoms with Crippen LogP contribution in [0.25, 0.3) is 11.3 Å². The van der Waals surface area contributed by atoms with Crippen LogP contribution in [0.2, 0.25) is 0 Å². The van der Waals surface area contributed by atoms with Gasteiger partial charge in [-0.1, -0.05) is 41.6 Å². The average molecular weight is 312 g/mol. The standard InChI is InChI=1S/C17H16N2O2S/c1-12(10-14-8-5-9-22-14)18-17(20)15-11-16(21-19-15)13-6-3-2-4-7-13/h2-9,11-12H,10H2,1H3,(H,18,20)/t12-/m0/s1. The van der Waals surface area contributed by atoms with Crippen LogP contribution in [-0.2, 0) is 6.42 Å². The van der Waals surface area contributed by atoms with Gasteiger partial charge in [0.05, 0.1) is 0 Å². The third-order valence-electron chi connectivity index (χ3n) is 3.27. The molecule has 4 nitrogen and oxygen atoms in total. The number of amides is 1. The zero-order chi connectivity index (χ0) is 15.4. The lowest BCUT2D eigenvalue weighted by Crippen LogP contribution is -2.34. The van der Waals surface area contributed by atoms with Crippen molar-refractivity contribution in [3.8, 4) is 11.3 Å². The molecule has 0 saturated carbocycles. The van der Waals surface area contributed by atoms with Crippen molar-refractivity contribution in [2.45, 2.75) is 19.4 Å². The zero-order valence-electron chi connectivity index (χ0n) is 12.2. The highest BCUT2D eigenvalue weighted by atomic mass is 32.1. The highest BCUT2D eigenvalue weighted by Crippen LogP contribution is 2.19. The number of hydrogen-bond acceptors (Lipinski definition) is 4. The maximum Gasteiger partial charge on any atom is 0.273 e. The minimum atomic E-state index is -0.213. The molecule has 0 radical (unpaired) electrons. The molecule has 0 fully saturated rings. The molecular formula is C17H16N2O2S. The highest BCUT2D eigenvalue weighted by molar-refractivity contribution is 7.09. The quantitative estimate of drug-likeness (QED) is 0.780. The maximum absolute atomic E-state index is 12.2. The number of hydrogen-bond donors (Lipinski definition) is 1. The minimum Gasteiger partial charge on any atom is -0.355 e. The minimum absolute atomic E-state index is 0.0445. The first-order valence-corrected chi connectivity index (χ1v) is 7.96. The first-order valence-electron chi connectivity index (χ1n) is 7.08. The fourth-order valence-corrected chi connectivity index (χ4v) is 3.04. The van der Waals surface area contributed by atoms with Crippen molar-refractivity contribution < 1.29 is 9.32 Å². The van der Waals surface area contributed by atoms with E-state index < -0.39 is 0 Å². The summed E-state index contributed by atoms with van der Waals surface area (Å²) in [4.78, 5) is 13.4. The van der Waals surface area contributed by atoms with E-state index >= 15 is 0 Å². The van der Waals surface area contributed by atoms with Gasteiger partial charge in [0, 0.05) is 29.0 Å². The van der Waals surface area contributed by atoms with Crippen LogP contribution in [0.1, 0.15) is 22.3 Å². The number of rotatable bonds is 5. The topological polar surface area (TPSA) is 55.1 Å². The molecule has 1 amide bonds. The van der Waals surface area contributed by atoms with Crippen LogP contribution in [0, 0.1) is 0 Å². The molecule has 2 aromatic heterocycles. The zero-order valence-corrected chi connectivity index (χ0v) is 13.0. The normalized spacial score (nSPS) is 12.0. The molecule has 5 heteroatoms. The van der Waals surface area contributed by atoms with Gasteiger partial charge < -0.3 is 9.84 Å². The van der Waals surface area contributed by atoms with Gasteiger partial charge in [-0.3, -0.25) is 4.79 Å². The predicted molar refractivity (Wildman–Crippen MR) is 86.9 cm³/mol. The van der Waals surface area contributed by atoms with Crippen molar-refractivity contribution in [3.05, 3.63) is 64.5 Å². The molecule has 2 heterocycles. The van der Waals surface area contributed by atoms with Crippen molar-refractivity contribution in [1.82, 2.24) is 10.5 Å². The Kier molecular flexibility index (Phi) is 4.34. The lowest BCUT2D eigenvalue weighted by Gasteiger charge is -2.11. The molecule has 0 aliphatic heterocycles. The fourth-order valence-electron chi connectivity index (χ4n) is 2.20. The van der Waals surface area contributed by atoms with E-state index in [9.17, 15) is 4.79 Å². The number of nitrogens with one attached hydrogen (secondary N) is 1. The summed E-state index contributed by atoms with van der Waals surface area (Å²) in [5.74, 6) is 0.381. The Morgan fingerprint density at radius 1 is 1.27 bits per heavy atom. The molecule has 22 heavy (non-hydrogen) atoms. The summed E-state index contributed by atoms with van der Waals surface area (Å²) >= 11 is 1.69. The number of carbonyl (C=O) groups excluding carboxylic acids is 1. The van der Waals surface area contributed by atoms with Gasteiger partial charge in [0.25, 0.3) is 5.91 Å². The van der Waals surface area contributed by atoms with Gasteiger partial charge in [-0.2, -0.15) is 0 Å². The molecule has 3 aromatic rings. The van der Waals surface area contributed by atoms with E-state index in [1.54, 1.807) is 17.4 Å². The van der Waals surface area contributed by atoms with E-state index in [-0.39, 0.29) is 11.9 Å². The third-order valence-corrected chi connectivity index (χ3v) is 4.16. The van der Waals surface area contributed by atoms with Gasteiger partial charge in [-0.15, -0.1) is 11.3 Å². The van der Waals surface area contributed by atoms with Crippen molar-refractivity contribution in [2.24, 2.45) is 0 Å². The summed E-state index contributed by atoms with van der Waals surface area (Å²) in [5, 5.41) is 8.84. The summed E-state index contributed by atoms with van der Waals surface area (Å²) in [6.45, 7) is 1.98. The largest absolute Gasteiger partial charge is 0.355 e. The Morgan fingerprint density at radius 3 is 2.82 bits per heavy atom. The van der Waals surface area contributed by atoms with Gasteiger partial charge in [-0.05, 0) is 18.4 Å². The van der Waals surface area contributed by atoms with Crippen molar-refractivity contribution in [1.29, 1.82) is 0 Å². The maximum atomic E-state index is 12.2. The molecule has 0 spiro atoms. The van der Waals surface area contributed by atoms with E-state index in [1.165, 1.54) is 4.88 Å². The number of nitrogens with zero attached hydrogens (tertiary/aromatic N) is 1. The average Bonchev–Trinajstić information content (AvgIpc) is 3.19. The van der Waals surface area contributed by atoms with Gasteiger partial charge in [-0.25, -0.2) is 0 Å². The van der Waals surface area contributed by atoms with E-state index in [0.717, 1.165) is 12.0 Å². The van der Waals surface area contributed by atoms with Gasteiger partial charge in [0.1, 0.15) is 0 Å². The molecule has 1 atom stereocenters. The molecule has 0 bridgehead atoms. The van der Waals surface area contributed by atoms with Crippen molar-refractivity contribution in [2.75, 3.05) is 0 Å². The number of aromatic nitrogens is 1. The Morgan fingerprint density at radius 2 is 2.09 bits per heavy atom. The number of benzene rings is 1. The van der Waals surface area contributed by atoms with Gasteiger partial charge in [0.15, 0.2) is 11.5 Å². The summed E-state index contributed by atoms with van der Waals surface area (Å²) in [6, 6.07) is 15.4. The summed E-state index contributed by atoms with van der Waals surface area (Å²) in [6.07, 6.45) is 0.812. The summed E-state index contributed by atoms with van der Waals surface area (Å²) in [7, 11) is 0. The molecule has 0 aliphatic rings. The van der Waals surface area contributed by atoms with Crippen LogP contribution in [-0.4, -0.2) is 17.1 Å². The Balaban J connectivity index is 1.64. The number of thiophene rings is 1. The van der Waals surface area contributed by atoms with E-state index in [0.29, 0.717) is 11.5 Å². The Labute approximate surface area is 132 Å². The Bertz CT molecular complexity index is 735. The van der Waals surface area contributed by atoms with E-state index in [4.69, 9.17) is 4.52 Å². The molecule has 3 rings (SSSR count). The first-order chi connectivity index (χ1) is 10.7. The fraction of sp³-hybridized carbons (Fsp3) is 0.176. The van der Waals surface area contributed by atoms with Crippen molar-refractivity contribution in [3.63, 3.8) is 0 Å². The first kappa shape index (κ1) is 14.5. The molecular weight excluding hydrogens is 296 g/mol. The van der Waals surface area contributed by atoms with Crippen LogP contribution in [0.4, 0.5) is 0 Å². The van der Waals surface area contributed by atoms with Crippen LogP contribution in [0.15, 0.2) is 58.4 Å². The second-order valence-corrected chi connectivity index (χ2v) is 6.13. The molecule has 0 unspecified atom stereocenters. The van der Waals surface area contributed by atoms with Gasteiger partial charge in [0.2, 0.25) is 0 Å². The smallest absolute Gasteiger partial charge is 0.273 e. The third kappa shape index (κ3) is 3.43. The lowest BCUT2D eigenvalue weighted by atomic mass is 10.1. The molecule has 1 aromatic carbocycles. The Hall–Kier alpha value is -2.40. The second kappa shape index (κ2) is 6.58. The predicted octanol–water partition coefficient (Wildman–Crippen LogP) is 3.76. The number of carbonyl (C=O) groups is 1. The molecule has 0 aliphatic carbocycles. The second-order valence-electron chi connectivity index (χ2n) is 5.10. The molecule has 1 N–H and O–H groups in total. The molecule has 112 valence electrons. The van der Waals surface area contributed by atoms with E-state index in [2.05, 4.69) is 16.5 Å². The lowest BCUT2D eigenvalue weighted by molar-refractivity contribution is 0.0931. The van der Waals surface area contributed by atoms with E-state index in [1.807, 2.05) is 48.7 Å². The SMILES string of the molecule is C[C@@H](Cc1cccs1)NC(=O)c1cc(-c2ccccc2)on1. The van der Waals surface area contributed by atoms with Crippen LogP contribution in [0.5, 0.6) is 0 Å². The highest BCUT2D eigenvalue weighted by Gasteiger charge is 2.16. The van der Waals surface area contributed by atoms with Crippen LogP contribution in [0.3, 0.4) is 0 Å². The van der Waals surface area contributed by atoms with Crippen molar-refractivity contribution >= 4 is 17.2 Å². The van der Waals surface area contributed by atoms with Gasteiger partial charge >= 0.3 is 0 Å².